The number of carboxylic acid groups (broad SMARTS) is 1. The largest absolute Gasteiger partial charge is 0.480 e. The molecule has 1 aliphatic rings. The second kappa shape index (κ2) is 7.88. The summed E-state index contributed by atoms with van der Waals surface area (Å²) in [4.78, 5) is 23.8. The molecule has 1 atom stereocenters. The third kappa shape index (κ3) is 5.33. The first-order valence-electron chi connectivity index (χ1n) is 6.20. The molecule has 1 heterocycles. The van der Waals surface area contributed by atoms with Crippen LogP contribution in [-0.2, 0) is 9.53 Å². The molecule has 18 heavy (non-hydrogen) atoms. The number of hydrogen-bond donors (Lipinski definition) is 3. The Morgan fingerprint density at radius 1 is 1.33 bits per heavy atom. The summed E-state index contributed by atoms with van der Waals surface area (Å²) in [6.45, 7) is 2.95. The van der Waals surface area contributed by atoms with Gasteiger partial charge in [0.05, 0.1) is 13.2 Å². The first-order chi connectivity index (χ1) is 8.61. The Kier molecular flexibility index (Phi) is 6.45. The van der Waals surface area contributed by atoms with Crippen LogP contribution >= 0.6 is 0 Å². The minimum Gasteiger partial charge on any atom is -0.480 e. The van der Waals surface area contributed by atoms with Crippen molar-refractivity contribution in [2.24, 2.45) is 5.73 Å². The van der Waals surface area contributed by atoms with Gasteiger partial charge < -0.3 is 25.8 Å². The number of carboxylic acids is 1. The highest BCUT2D eigenvalue weighted by molar-refractivity contribution is 5.74. The summed E-state index contributed by atoms with van der Waals surface area (Å²) in [7, 11) is 0. The molecular formula is C11H21N3O4. The van der Waals surface area contributed by atoms with Gasteiger partial charge in [0.1, 0.15) is 6.04 Å². The molecular weight excluding hydrogens is 238 g/mol. The summed E-state index contributed by atoms with van der Waals surface area (Å²) in [5, 5.41) is 11.4. The molecule has 4 N–H and O–H groups in total. The van der Waals surface area contributed by atoms with Crippen LogP contribution in [0.3, 0.4) is 0 Å². The topological polar surface area (TPSA) is 105 Å². The van der Waals surface area contributed by atoms with E-state index in [9.17, 15) is 9.59 Å². The molecule has 1 fully saturated rings. The normalized spacial score (nSPS) is 17.3. The van der Waals surface area contributed by atoms with Gasteiger partial charge in [-0.2, -0.15) is 0 Å². The maximum Gasteiger partial charge on any atom is 0.320 e. The predicted molar refractivity (Wildman–Crippen MR) is 65.3 cm³/mol. The molecule has 0 aromatic carbocycles. The van der Waals surface area contributed by atoms with Crippen molar-refractivity contribution < 1.29 is 19.4 Å². The molecule has 7 nitrogen and oxygen atoms in total. The van der Waals surface area contributed by atoms with Crippen molar-refractivity contribution in [3.63, 3.8) is 0 Å². The van der Waals surface area contributed by atoms with Gasteiger partial charge >= 0.3 is 12.0 Å². The number of aliphatic carboxylic acids is 1. The third-order valence-corrected chi connectivity index (χ3v) is 2.83. The standard InChI is InChI=1S/C11H21N3O4/c12-9(10(15)16)3-1-2-4-13-11(17)14-5-7-18-8-6-14/h9H,1-8,12H2,(H,13,17)(H,15,16)/t9-/m0/s1. The molecule has 0 saturated carbocycles. The van der Waals surface area contributed by atoms with Crippen LogP contribution in [0.5, 0.6) is 0 Å². The summed E-state index contributed by atoms with van der Waals surface area (Å²) < 4.78 is 5.15. The first kappa shape index (κ1) is 14.7. The van der Waals surface area contributed by atoms with Crippen LogP contribution in [0.4, 0.5) is 4.79 Å². The number of urea groups is 1. The zero-order valence-corrected chi connectivity index (χ0v) is 10.4. The Morgan fingerprint density at radius 2 is 2.00 bits per heavy atom. The van der Waals surface area contributed by atoms with E-state index in [1.165, 1.54) is 0 Å². The highest BCUT2D eigenvalue weighted by Crippen LogP contribution is 2.00. The number of ether oxygens (including phenoxy) is 1. The molecule has 104 valence electrons. The van der Waals surface area contributed by atoms with E-state index in [2.05, 4.69) is 5.32 Å². The molecule has 0 bridgehead atoms. The number of hydrogen-bond acceptors (Lipinski definition) is 4. The average Bonchev–Trinajstić information content (AvgIpc) is 2.38. The first-order valence-corrected chi connectivity index (χ1v) is 6.20. The summed E-state index contributed by atoms with van der Waals surface area (Å²) >= 11 is 0. The molecule has 1 saturated heterocycles. The second-order valence-electron chi connectivity index (χ2n) is 4.27. The molecule has 0 spiro atoms. The maximum atomic E-state index is 11.6. The van der Waals surface area contributed by atoms with E-state index in [-0.39, 0.29) is 6.03 Å². The van der Waals surface area contributed by atoms with E-state index in [1.807, 2.05) is 0 Å². The van der Waals surface area contributed by atoms with Crippen molar-refractivity contribution >= 4 is 12.0 Å². The zero-order valence-electron chi connectivity index (χ0n) is 10.4. The number of nitrogens with zero attached hydrogens (tertiary/aromatic N) is 1. The van der Waals surface area contributed by atoms with Crippen LogP contribution in [0.2, 0.25) is 0 Å². The Hall–Kier alpha value is -1.34. The summed E-state index contributed by atoms with van der Waals surface area (Å²) in [5.74, 6) is -0.979. The molecule has 7 heteroatoms. The van der Waals surface area contributed by atoms with Gasteiger partial charge in [0.2, 0.25) is 0 Å². The van der Waals surface area contributed by atoms with E-state index in [1.54, 1.807) is 4.90 Å². The lowest BCUT2D eigenvalue weighted by atomic mass is 10.1. The summed E-state index contributed by atoms with van der Waals surface area (Å²) in [6.07, 6.45) is 1.86. The number of carbonyl (C=O) groups excluding carboxylic acids is 1. The summed E-state index contributed by atoms with van der Waals surface area (Å²) in [5.41, 5.74) is 5.37. The quantitative estimate of drug-likeness (QED) is 0.563. The van der Waals surface area contributed by atoms with E-state index in [0.29, 0.717) is 45.7 Å². The molecule has 2 amide bonds. The van der Waals surface area contributed by atoms with E-state index < -0.39 is 12.0 Å². The van der Waals surface area contributed by atoms with Gasteiger partial charge in [0.25, 0.3) is 0 Å². The minimum absolute atomic E-state index is 0.0826. The highest BCUT2D eigenvalue weighted by Gasteiger charge is 2.16. The predicted octanol–water partition coefficient (Wildman–Crippen LogP) is -0.390. The SMILES string of the molecule is N[C@@H](CCCCNC(=O)N1CCOCC1)C(=O)O. The van der Waals surface area contributed by atoms with Gasteiger partial charge in [0, 0.05) is 19.6 Å². The Balaban J connectivity index is 2.03. The van der Waals surface area contributed by atoms with Gasteiger partial charge in [0.15, 0.2) is 0 Å². The van der Waals surface area contributed by atoms with Gasteiger partial charge in [-0.15, -0.1) is 0 Å². The number of amides is 2. The highest BCUT2D eigenvalue weighted by atomic mass is 16.5. The van der Waals surface area contributed by atoms with E-state index >= 15 is 0 Å². The second-order valence-corrected chi connectivity index (χ2v) is 4.27. The Labute approximate surface area is 106 Å². The number of nitrogens with two attached hydrogens (primary N) is 1. The fourth-order valence-corrected chi connectivity index (χ4v) is 1.69. The minimum atomic E-state index is -0.979. The number of carbonyl (C=O) groups is 2. The van der Waals surface area contributed by atoms with Crippen molar-refractivity contribution in [2.75, 3.05) is 32.8 Å². The monoisotopic (exact) mass is 259 g/mol. The van der Waals surface area contributed by atoms with Gasteiger partial charge in [-0.1, -0.05) is 0 Å². The van der Waals surface area contributed by atoms with Gasteiger partial charge in [-0.25, -0.2) is 4.79 Å². The fourth-order valence-electron chi connectivity index (χ4n) is 1.69. The van der Waals surface area contributed by atoms with Crippen LogP contribution in [0.1, 0.15) is 19.3 Å². The molecule has 0 aromatic heterocycles. The van der Waals surface area contributed by atoms with Crippen LogP contribution in [0.15, 0.2) is 0 Å². The van der Waals surface area contributed by atoms with Crippen LogP contribution in [0.25, 0.3) is 0 Å². The van der Waals surface area contributed by atoms with Crippen molar-refractivity contribution in [1.29, 1.82) is 0 Å². The number of unbranched alkanes of at least 4 members (excludes halogenated alkanes) is 1. The van der Waals surface area contributed by atoms with Crippen molar-refractivity contribution in [3.05, 3.63) is 0 Å². The lowest BCUT2D eigenvalue weighted by molar-refractivity contribution is -0.138. The lowest BCUT2D eigenvalue weighted by Gasteiger charge is -2.26. The maximum absolute atomic E-state index is 11.6. The third-order valence-electron chi connectivity index (χ3n) is 2.83. The van der Waals surface area contributed by atoms with Crippen LogP contribution in [-0.4, -0.2) is 60.9 Å². The number of nitrogens with one attached hydrogen (secondary N) is 1. The van der Waals surface area contributed by atoms with Gasteiger partial charge in [-0.3, -0.25) is 4.79 Å². The van der Waals surface area contributed by atoms with E-state index in [0.717, 1.165) is 6.42 Å². The van der Waals surface area contributed by atoms with Crippen LogP contribution < -0.4 is 11.1 Å². The molecule has 1 aliphatic heterocycles. The van der Waals surface area contributed by atoms with E-state index in [4.69, 9.17) is 15.6 Å². The zero-order chi connectivity index (χ0) is 13.4. The molecule has 0 radical (unpaired) electrons. The Morgan fingerprint density at radius 3 is 2.61 bits per heavy atom. The molecule has 0 unspecified atom stereocenters. The number of rotatable bonds is 6. The average molecular weight is 259 g/mol. The van der Waals surface area contributed by atoms with Crippen molar-refractivity contribution in [1.82, 2.24) is 10.2 Å². The molecule has 0 aliphatic carbocycles. The molecule has 1 rings (SSSR count). The smallest absolute Gasteiger partial charge is 0.320 e. The van der Waals surface area contributed by atoms with Crippen molar-refractivity contribution in [3.8, 4) is 0 Å². The Bertz CT molecular complexity index is 279. The number of morpholine rings is 1. The van der Waals surface area contributed by atoms with Crippen LogP contribution in [0, 0.1) is 0 Å². The van der Waals surface area contributed by atoms with Crippen molar-refractivity contribution in [2.45, 2.75) is 25.3 Å². The lowest BCUT2D eigenvalue weighted by Crippen LogP contribution is -2.46. The summed E-state index contributed by atoms with van der Waals surface area (Å²) in [6, 6.07) is -0.888. The van der Waals surface area contributed by atoms with Gasteiger partial charge in [-0.05, 0) is 19.3 Å². The molecule has 0 aromatic rings. The fraction of sp³-hybridized carbons (Fsp3) is 0.818.